The fourth-order valence-electron chi connectivity index (χ4n) is 2.96. The standard InChI is InChI=1S/C21H24N2O4/c1-14-7-8-17(9-15(14)2)23-12-19(27-13-20(23)24)11-22-21(25)16-5-4-6-18(10-16)26-3/h4-10,19H,11-13H2,1-3H3,(H,22,25). The van der Waals surface area contributed by atoms with Gasteiger partial charge in [0.05, 0.1) is 19.8 Å². The summed E-state index contributed by atoms with van der Waals surface area (Å²) in [6.45, 7) is 4.80. The molecular weight excluding hydrogens is 344 g/mol. The molecule has 1 aliphatic rings. The van der Waals surface area contributed by atoms with Gasteiger partial charge in [-0.15, -0.1) is 0 Å². The zero-order valence-corrected chi connectivity index (χ0v) is 15.8. The van der Waals surface area contributed by atoms with Gasteiger partial charge in [-0.3, -0.25) is 9.59 Å². The van der Waals surface area contributed by atoms with Crippen LogP contribution in [-0.4, -0.2) is 44.7 Å². The Kier molecular flexibility index (Phi) is 5.76. The average molecular weight is 368 g/mol. The van der Waals surface area contributed by atoms with Gasteiger partial charge in [-0.25, -0.2) is 0 Å². The van der Waals surface area contributed by atoms with Crippen molar-refractivity contribution in [1.29, 1.82) is 0 Å². The van der Waals surface area contributed by atoms with Gasteiger partial charge in [0, 0.05) is 17.8 Å². The number of hydrogen-bond acceptors (Lipinski definition) is 4. The highest BCUT2D eigenvalue weighted by Gasteiger charge is 2.28. The Morgan fingerprint density at radius 3 is 2.78 bits per heavy atom. The van der Waals surface area contributed by atoms with E-state index in [4.69, 9.17) is 9.47 Å². The predicted octanol–water partition coefficient (Wildman–Crippen LogP) is 2.47. The van der Waals surface area contributed by atoms with E-state index in [0.717, 1.165) is 11.3 Å². The first-order chi connectivity index (χ1) is 13.0. The molecule has 1 aliphatic heterocycles. The Balaban J connectivity index is 1.63. The summed E-state index contributed by atoms with van der Waals surface area (Å²) < 4.78 is 10.7. The lowest BCUT2D eigenvalue weighted by molar-refractivity contribution is -0.129. The maximum absolute atomic E-state index is 12.4. The van der Waals surface area contributed by atoms with E-state index in [1.807, 2.05) is 32.0 Å². The Bertz CT molecular complexity index is 850. The number of aryl methyl sites for hydroxylation is 2. The number of amides is 2. The van der Waals surface area contributed by atoms with Crippen molar-refractivity contribution >= 4 is 17.5 Å². The largest absolute Gasteiger partial charge is 0.497 e. The molecule has 6 nitrogen and oxygen atoms in total. The first-order valence-corrected chi connectivity index (χ1v) is 8.89. The number of benzene rings is 2. The number of carbonyl (C=O) groups excluding carboxylic acids is 2. The van der Waals surface area contributed by atoms with Crippen molar-refractivity contribution in [2.45, 2.75) is 20.0 Å². The third-order valence-corrected chi connectivity index (χ3v) is 4.75. The Labute approximate surface area is 159 Å². The Hall–Kier alpha value is -2.86. The third-order valence-electron chi connectivity index (χ3n) is 4.75. The molecule has 0 saturated carbocycles. The highest BCUT2D eigenvalue weighted by atomic mass is 16.5. The highest BCUT2D eigenvalue weighted by Crippen LogP contribution is 2.22. The summed E-state index contributed by atoms with van der Waals surface area (Å²) in [5.41, 5.74) is 3.69. The number of carbonyl (C=O) groups is 2. The molecule has 1 atom stereocenters. The molecule has 6 heteroatoms. The molecule has 0 aromatic heterocycles. The van der Waals surface area contributed by atoms with Crippen molar-refractivity contribution in [3.8, 4) is 5.75 Å². The molecule has 142 valence electrons. The monoisotopic (exact) mass is 368 g/mol. The molecule has 0 bridgehead atoms. The summed E-state index contributed by atoms with van der Waals surface area (Å²) >= 11 is 0. The topological polar surface area (TPSA) is 67.9 Å². The molecule has 0 aliphatic carbocycles. The van der Waals surface area contributed by atoms with E-state index in [0.29, 0.717) is 24.4 Å². The molecule has 1 heterocycles. The van der Waals surface area contributed by atoms with Crippen LogP contribution < -0.4 is 15.0 Å². The van der Waals surface area contributed by atoms with Crippen LogP contribution in [0.1, 0.15) is 21.5 Å². The zero-order valence-electron chi connectivity index (χ0n) is 15.8. The van der Waals surface area contributed by atoms with Crippen molar-refractivity contribution < 1.29 is 19.1 Å². The minimum Gasteiger partial charge on any atom is -0.497 e. The molecule has 2 aromatic rings. The summed E-state index contributed by atoms with van der Waals surface area (Å²) in [6, 6.07) is 12.9. The van der Waals surface area contributed by atoms with Crippen LogP contribution in [0.3, 0.4) is 0 Å². The van der Waals surface area contributed by atoms with Gasteiger partial charge in [0.25, 0.3) is 11.8 Å². The molecule has 27 heavy (non-hydrogen) atoms. The summed E-state index contributed by atoms with van der Waals surface area (Å²) in [5, 5.41) is 2.87. The van der Waals surface area contributed by atoms with E-state index in [-0.39, 0.29) is 24.5 Å². The second-order valence-corrected chi connectivity index (χ2v) is 6.65. The lowest BCUT2D eigenvalue weighted by Gasteiger charge is -2.33. The van der Waals surface area contributed by atoms with E-state index in [1.54, 1.807) is 36.3 Å². The zero-order chi connectivity index (χ0) is 19.4. The first-order valence-electron chi connectivity index (χ1n) is 8.89. The van der Waals surface area contributed by atoms with Crippen LogP contribution in [0, 0.1) is 13.8 Å². The maximum atomic E-state index is 12.4. The molecule has 2 amide bonds. The van der Waals surface area contributed by atoms with Gasteiger partial charge >= 0.3 is 0 Å². The molecule has 0 radical (unpaired) electrons. The van der Waals surface area contributed by atoms with Crippen LogP contribution in [0.15, 0.2) is 42.5 Å². The van der Waals surface area contributed by atoms with Crippen molar-refractivity contribution in [2.75, 3.05) is 31.7 Å². The van der Waals surface area contributed by atoms with Crippen molar-refractivity contribution in [2.24, 2.45) is 0 Å². The second kappa shape index (κ2) is 8.22. The summed E-state index contributed by atoms with van der Waals surface area (Å²) in [6.07, 6.45) is -0.265. The van der Waals surface area contributed by atoms with Crippen molar-refractivity contribution in [1.82, 2.24) is 5.32 Å². The van der Waals surface area contributed by atoms with Crippen LogP contribution in [0.5, 0.6) is 5.75 Å². The van der Waals surface area contributed by atoms with Crippen LogP contribution in [0.25, 0.3) is 0 Å². The number of nitrogens with zero attached hydrogens (tertiary/aromatic N) is 1. The smallest absolute Gasteiger partial charge is 0.253 e. The molecule has 3 rings (SSSR count). The van der Waals surface area contributed by atoms with Gasteiger partial charge in [0.2, 0.25) is 0 Å². The normalized spacial score (nSPS) is 16.9. The van der Waals surface area contributed by atoms with E-state index >= 15 is 0 Å². The predicted molar refractivity (Wildman–Crippen MR) is 103 cm³/mol. The lowest BCUT2D eigenvalue weighted by atomic mass is 10.1. The SMILES string of the molecule is COc1cccc(C(=O)NCC2CN(c3ccc(C)c(C)c3)C(=O)CO2)c1. The van der Waals surface area contributed by atoms with Crippen molar-refractivity contribution in [3.05, 3.63) is 59.2 Å². The lowest BCUT2D eigenvalue weighted by Crippen LogP contribution is -2.50. The molecule has 1 N–H and O–H groups in total. The van der Waals surface area contributed by atoms with E-state index in [2.05, 4.69) is 5.32 Å². The van der Waals surface area contributed by atoms with E-state index in [1.165, 1.54) is 5.56 Å². The molecule has 1 saturated heterocycles. The Morgan fingerprint density at radius 2 is 2.04 bits per heavy atom. The number of nitrogens with one attached hydrogen (secondary N) is 1. The number of hydrogen-bond donors (Lipinski definition) is 1. The van der Waals surface area contributed by atoms with Gasteiger partial charge < -0.3 is 19.7 Å². The second-order valence-electron chi connectivity index (χ2n) is 6.65. The van der Waals surface area contributed by atoms with Gasteiger partial charge in [-0.1, -0.05) is 12.1 Å². The number of anilines is 1. The van der Waals surface area contributed by atoms with Crippen LogP contribution >= 0.6 is 0 Å². The van der Waals surface area contributed by atoms with Crippen molar-refractivity contribution in [3.63, 3.8) is 0 Å². The molecule has 1 fully saturated rings. The fourth-order valence-corrected chi connectivity index (χ4v) is 2.96. The van der Waals surface area contributed by atoms with Gasteiger partial charge in [0.1, 0.15) is 12.4 Å². The minimum atomic E-state index is -0.265. The van der Waals surface area contributed by atoms with E-state index in [9.17, 15) is 9.59 Å². The summed E-state index contributed by atoms with van der Waals surface area (Å²) in [4.78, 5) is 26.3. The maximum Gasteiger partial charge on any atom is 0.253 e. The fraction of sp³-hybridized carbons (Fsp3) is 0.333. The van der Waals surface area contributed by atoms with Gasteiger partial charge in [0.15, 0.2) is 0 Å². The Morgan fingerprint density at radius 1 is 1.22 bits per heavy atom. The van der Waals surface area contributed by atoms with Gasteiger partial charge in [-0.2, -0.15) is 0 Å². The minimum absolute atomic E-state index is 0.00657. The van der Waals surface area contributed by atoms with E-state index < -0.39 is 0 Å². The number of morpholine rings is 1. The molecule has 1 unspecified atom stereocenters. The number of methoxy groups -OCH3 is 1. The quantitative estimate of drug-likeness (QED) is 0.880. The number of rotatable bonds is 5. The van der Waals surface area contributed by atoms with Crippen LogP contribution in [0.2, 0.25) is 0 Å². The first kappa shape index (κ1) is 18.9. The molecular formula is C21H24N2O4. The van der Waals surface area contributed by atoms with Crippen LogP contribution in [0.4, 0.5) is 5.69 Å². The highest BCUT2D eigenvalue weighted by molar-refractivity contribution is 5.96. The molecule has 0 spiro atoms. The van der Waals surface area contributed by atoms with Crippen LogP contribution in [-0.2, 0) is 9.53 Å². The number of ether oxygens (including phenoxy) is 2. The molecule has 2 aromatic carbocycles. The summed E-state index contributed by atoms with van der Waals surface area (Å²) in [7, 11) is 1.56. The summed E-state index contributed by atoms with van der Waals surface area (Å²) in [5.74, 6) is 0.351. The van der Waals surface area contributed by atoms with Gasteiger partial charge in [-0.05, 0) is 55.3 Å². The average Bonchev–Trinajstić information content (AvgIpc) is 2.69. The third kappa shape index (κ3) is 4.46.